The molecule has 0 aromatic heterocycles. The molecule has 0 aliphatic heterocycles. The smallest absolute Gasteiger partial charge is 0.331 e. The molecule has 0 aliphatic rings. The van der Waals surface area contributed by atoms with Crippen LogP contribution in [0.1, 0.15) is 33.6 Å². The van der Waals surface area contributed by atoms with Gasteiger partial charge in [0.2, 0.25) is 0 Å². The van der Waals surface area contributed by atoms with Crippen LogP contribution in [0, 0.1) is 0 Å². The number of hydrogen-bond acceptors (Lipinski definition) is 2. The number of unbranched alkanes of at least 4 members (excludes halogenated alkanes) is 1. The number of hydrogen-bond donors (Lipinski definition) is 1. The molecule has 0 atom stereocenters. The van der Waals surface area contributed by atoms with E-state index in [9.17, 15) is 9.59 Å². The third kappa shape index (κ3) is 3.95. The SMILES string of the molecule is CCCCN(C(=O)C(C)=C(C)C(=O)O)c1ccccc1. The zero-order valence-corrected chi connectivity index (χ0v) is 12.2. The molecular weight excluding hydrogens is 254 g/mol. The Balaban J connectivity index is 3.09. The highest BCUT2D eigenvalue weighted by atomic mass is 16.4. The minimum Gasteiger partial charge on any atom is -0.478 e. The molecule has 0 unspecified atom stereocenters. The number of carbonyl (C=O) groups is 2. The maximum atomic E-state index is 12.5. The van der Waals surface area contributed by atoms with E-state index in [-0.39, 0.29) is 17.1 Å². The van der Waals surface area contributed by atoms with Gasteiger partial charge in [-0.05, 0) is 32.4 Å². The van der Waals surface area contributed by atoms with Crippen molar-refractivity contribution in [1.82, 2.24) is 0 Å². The predicted molar refractivity (Wildman–Crippen MR) is 79.7 cm³/mol. The molecule has 0 saturated heterocycles. The second-order valence-electron chi connectivity index (χ2n) is 4.70. The summed E-state index contributed by atoms with van der Waals surface area (Å²) in [6.45, 7) is 5.66. The van der Waals surface area contributed by atoms with Crippen LogP contribution < -0.4 is 4.90 Å². The lowest BCUT2D eigenvalue weighted by molar-refractivity contribution is -0.133. The fourth-order valence-electron chi connectivity index (χ4n) is 1.80. The molecule has 0 heterocycles. The van der Waals surface area contributed by atoms with Crippen molar-refractivity contribution in [2.45, 2.75) is 33.6 Å². The molecule has 4 heteroatoms. The van der Waals surface area contributed by atoms with Crippen molar-refractivity contribution in [3.8, 4) is 0 Å². The number of rotatable bonds is 6. The zero-order valence-electron chi connectivity index (χ0n) is 12.2. The summed E-state index contributed by atoms with van der Waals surface area (Å²) in [5.74, 6) is -1.30. The van der Waals surface area contributed by atoms with E-state index in [0.29, 0.717) is 6.54 Å². The lowest BCUT2D eigenvalue weighted by atomic mass is 10.1. The Morgan fingerprint density at radius 2 is 1.70 bits per heavy atom. The van der Waals surface area contributed by atoms with Crippen molar-refractivity contribution in [3.05, 3.63) is 41.5 Å². The molecule has 1 aromatic rings. The van der Waals surface area contributed by atoms with E-state index < -0.39 is 5.97 Å². The maximum Gasteiger partial charge on any atom is 0.331 e. The van der Waals surface area contributed by atoms with E-state index in [0.717, 1.165) is 18.5 Å². The number of benzene rings is 1. The number of carbonyl (C=O) groups excluding carboxylic acids is 1. The number of amides is 1. The van der Waals surface area contributed by atoms with Crippen molar-refractivity contribution in [1.29, 1.82) is 0 Å². The van der Waals surface area contributed by atoms with Crippen molar-refractivity contribution in [2.75, 3.05) is 11.4 Å². The van der Waals surface area contributed by atoms with Crippen molar-refractivity contribution in [2.24, 2.45) is 0 Å². The monoisotopic (exact) mass is 275 g/mol. The number of carboxylic acid groups (broad SMARTS) is 1. The van der Waals surface area contributed by atoms with Crippen LogP contribution in [0.5, 0.6) is 0 Å². The van der Waals surface area contributed by atoms with Gasteiger partial charge in [-0.3, -0.25) is 4.79 Å². The molecule has 1 aromatic carbocycles. The Kier molecular flexibility index (Phi) is 5.97. The average Bonchev–Trinajstić information content (AvgIpc) is 2.46. The van der Waals surface area contributed by atoms with Crippen molar-refractivity contribution in [3.63, 3.8) is 0 Å². The molecule has 1 rings (SSSR count). The number of nitrogens with zero attached hydrogens (tertiary/aromatic N) is 1. The highest BCUT2D eigenvalue weighted by Gasteiger charge is 2.20. The fourth-order valence-corrected chi connectivity index (χ4v) is 1.80. The molecule has 4 nitrogen and oxygen atoms in total. The van der Waals surface area contributed by atoms with Gasteiger partial charge in [0.25, 0.3) is 5.91 Å². The molecule has 0 bridgehead atoms. The highest BCUT2D eigenvalue weighted by molar-refractivity contribution is 6.09. The summed E-state index contributed by atoms with van der Waals surface area (Å²) in [6.07, 6.45) is 1.84. The van der Waals surface area contributed by atoms with Crippen LogP contribution in [-0.2, 0) is 9.59 Å². The third-order valence-electron chi connectivity index (χ3n) is 3.25. The van der Waals surface area contributed by atoms with E-state index >= 15 is 0 Å². The van der Waals surface area contributed by atoms with Gasteiger partial charge in [-0.25, -0.2) is 4.79 Å². The predicted octanol–water partition coefficient (Wildman–Crippen LogP) is 3.24. The first kappa shape index (κ1) is 16.0. The second-order valence-corrected chi connectivity index (χ2v) is 4.70. The van der Waals surface area contributed by atoms with Crippen molar-refractivity contribution >= 4 is 17.6 Å². The fraction of sp³-hybridized carbons (Fsp3) is 0.375. The Morgan fingerprint density at radius 1 is 1.10 bits per heavy atom. The summed E-state index contributed by atoms with van der Waals surface area (Å²) in [5, 5.41) is 9.00. The van der Waals surface area contributed by atoms with E-state index in [1.165, 1.54) is 6.92 Å². The maximum absolute atomic E-state index is 12.5. The Labute approximate surface area is 119 Å². The zero-order chi connectivity index (χ0) is 15.1. The van der Waals surface area contributed by atoms with Gasteiger partial charge in [-0.15, -0.1) is 0 Å². The Hall–Kier alpha value is -2.10. The van der Waals surface area contributed by atoms with Crippen LogP contribution in [0.2, 0.25) is 0 Å². The molecule has 108 valence electrons. The van der Waals surface area contributed by atoms with Crippen LogP contribution >= 0.6 is 0 Å². The summed E-state index contributed by atoms with van der Waals surface area (Å²) in [4.78, 5) is 25.1. The quantitative estimate of drug-likeness (QED) is 0.811. The minimum absolute atomic E-state index is 0.0902. The number of carboxylic acids is 1. The molecule has 0 spiro atoms. The lowest BCUT2D eigenvalue weighted by Crippen LogP contribution is -2.33. The molecule has 1 N–H and O–H groups in total. The first-order chi connectivity index (χ1) is 9.49. The summed E-state index contributed by atoms with van der Waals surface area (Å²) in [7, 11) is 0. The molecule has 20 heavy (non-hydrogen) atoms. The Bertz CT molecular complexity index is 506. The summed E-state index contributed by atoms with van der Waals surface area (Å²) < 4.78 is 0. The first-order valence-corrected chi connectivity index (χ1v) is 6.76. The van der Waals surface area contributed by atoms with Gasteiger partial charge in [-0.2, -0.15) is 0 Å². The molecule has 1 amide bonds. The normalized spacial score (nSPS) is 11.8. The molecule has 0 fully saturated rings. The molecule has 0 radical (unpaired) electrons. The molecule has 0 saturated carbocycles. The van der Waals surface area contributed by atoms with E-state index in [1.807, 2.05) is 30.3 Å². The van der Waals surface area contributed by atoms with E-state index in [2.05, 4.69) is 6.92 Å². The average molecular weight is 275 g/mol. The van der Waals surface area contributed by atoms with Crippen LogP contribution in [0.4, 0.5) is 5.69 Å². The van der Waals surface area contributed by atoms with Gasteiger partial charge in [-0.1, -0.05) is 31.5 Å². The van der Waals surface area contributed by atoms with Gasteiger partial charge < -0.3 is 10.0 Å². The Morgan fingerprint density at radius 3 is 2.20 bits per heavy atom. The van der Waals surface area contributed by atoms with Crippen LogP contribution in [0.3, 0.4) is 0 Å². The van der Waals surface area contributed by atoms with Gasteiger partial charge in [0, 0.05) is 23.4 Å². The van der Waals surface area contributed by atoms with Gasteiger partial charge in [0.05, 0.1) is 0 Å². The molecule has 0 aliphatic carbocycles. The number of para-hydroxylation sites is 1. The summed E-state index contributed by atoms with van der Waals surface area (Å²) in [5.41, 5.74) is 1.16. The first-order valence-electron chi connectivity index (χ1n) is 6.76. The van der Waals surface area contributed by atoms with Crippen molar-refractivity contribution < 1.29 is 14.7 Å². The second kappa shape index (κ2) is 7.48. The lowest BCUT2D eigenvalue weighted by Gasteiger charge is -2.23. The summed E-state index contributed by atoms with van der Waals surface area (Å²) in [6, 6.07) is 9.33. The van der Waals surface area contributed by atoms with E-state index in [1.54, 1.807) is 11.8 Å². The van der Waals surface area contributed by atoms with Gasteiger partial charge in [0.1, 0.15) is 0 Å². The van der Waals surface area contributed by atoms with Gasteiger partial charge >= 0.3 is 5.97 Å². The minimum atomic E-state index is -1.06. The summed E-state index contributed by atoms with van der Waals surface area (Å²) >= 11 is 0. The number of anilines is 1. The molecular formula is C16H21NO3. The van der Waals surface area contributed by atoms with Crippen LogP contribution in [0.25, 0.3) is 0 Å². The third-order valence-corrected chi connectivity index (χ3v) is 3.25. The van der Waals surface area contributed by atoms with Gasteiger partial charge in [0.15, 0.2) is 0 Å². The highest BCUT2D eigenvalue weighted by Crippen LogP contribution is 2.18. The standard InChI is InChI=1S/C16H21NO3/c1-4-5-11-17(14-9-7-6-8-10-14)15(18)12(2)13(3)16(19)20/h6-10H,4-5,11H2,1-3H3,(H,19,20). The van der Waals surface area contributed by atoms with Crippen LogP contribution in [0.15, 0.2) is 41.5 Å². The topological polar surface area (TPSA) is 57.6 Å². The van der Waals surface area contributed by atoms with Crippen LogP contribution in [-0.4, -0.2) is 23.5 Å². The number of aliphatic carboxylic acids is 1. The largest absolute Gasteiger partial charge is 0.478 e. The van der Waals surface area contributed by atoms with E-state index in [4.69, 9.17) is 5.11 Å².